The predicted molar refractivity (Wildman–Crippen MR) is 83.3 cm³/mol. The smallest absolute Gasteiger partial charge is 0.338 e. The van der Waals surface area contributed by atoms with Gasteiger partial charge in [-0.3, -0.25) is 4.57 Å². The Morgan fingerprint density at radius 2 is 1.86 bits per heavy atom. The lowest BCUT2D eigenvalue weighted by Crippen LogP contribution is -2.17. The van der Waals surface area contributed by atoms with Gasteiger partial charge in [0.15, 0.2) is 0 Å². The topological polar surface area (TPSA) is 44.8 Å². The van der Waals surface area contributed by atoms with Gasteiger partial charge in [-0.1, -0.05) is 30.3 Å². The highest BCUT2D eigenvalue weighted by Crippen LogP contribution is 2.62. The molecule has 21 heavy (non-hydrogen) atoms. The van der Waals surface area contributed by atoms with Gasteiger partial charge in [-0.05, 0) is 32.4 Å². The van der Waals surface area contributed by atoms with Crippen LogP contribution in [-0.2, 0) is 18.3 Å². The lowest BCUT2D eigenvalue weighted by Gasteiger charge is -2.26. The van der Waals surface area contributed by atoms with Crippen molar-refractivity contribution in [2.24, 2.45) is 0 Å². The molecule has 2 unspecified atom stereocenters. The molecule has 1 heterocycles. The SMILES string of the molecule is C/C=C1\CC(P(=O)(OCC)OCC)C(c2ccccc2)O1. The molecule has 2 rings (SSSR count). The third-order valence-electron chi connectivity index (χ3n) is 3.51. The lowest BCUT2D eigenvalue weighted by atomic mass is 10.1. The molecule has 1 aliphatic rings. The number of rotatable bonds is 6. The van der Waals surface area contributed by atoms with Crippen LogP contribution in [0.2, 0.25) is 0 Å². The van der Waals surface area contributed by atoms with E-state index < -0.39 is 7.60 Å². The van der Waals surface area contributed by atoms with Crippen molar-refractivity contribution in [1.29, 1.82) is 0 Å². The molecule has 1 aliphatic heterocycles. The van der Waals surface area contributed by atoms with Crippen molar-refractivity contribution in [3.8, 4) is 0 Å². The highest BCUT2D eigenvalue weighted by atomic mass is 31.2. The Kier molecular flexibility index (Phi) is 5.63. The van der Waals surface area contributed by atoms with E-state index in [1.54, 1.807) is 0 Å². The van der Waals surface area contributed by atoms with Gasteiger partial charge < -0.3 is 13.8 Å². The summed E-state index contributed by atoms with van der Waals surface area (Å²) in [7, 11) is -3.20. The molecule has 0 aromatic heterocycles. The number of allylic oxidation sites excluding steroid dienone is 2. The molecule has 2 atom stereocenters. The van der Waals surface area contributed by atoms with Gasteiger partial charge in [0.2, 0.25) is 0 Å². The van der Waals surface area contributed by atoms with Crippen molar-refractivity contribution in [2.75, 3.05) is 13.2 Å². The van der Waals surface area contributed by atoms with Crippen LogP contribution >= 0.6 is 7.60 Å². The molecule has 116 valence electrons. The minimum atomic E-state index is -3.20. The number of hydrogen-bond acceptors (Lipinski definition) is 4. The van der Waals surface area contributed by atoms with E-state index in [1.807, 2.05) is 57.2 Å². The first-order valence-corrected chi connectivity index (χ1v) is 9.01. The fraction of sp³-hybridized carbons (Fsp3) is 0.500. The molecule has 1 saturated heterocycles. The molecule has 1 aromatic rings. The summed E-state index contributed by atoms with van der Waals surface area (Å²) >= 11 is 0. The Morgan fingerprint density at radius 1 is 1.24 bits per heavy atom. The molecule has 1 fully saturated rings. The van der Waals surface area contributed by atoms with Crippen LogP contribution in [0.4, 0.5) is 0 Å². The molecule has 0 spiro atoms. The summed E-state index contributed by atoms with van der Waals surface area (Å²) in [5.74, 6) is 0.841. The van der Waals surface area contributed by atoms with Gasteiger partial charge in [0.25, 0.3) is 0 Å². The van der Waals surface area contributed by atoms with Gasteiger partial charge in [-0.2, -0.15) is 0 Å². The molecular formula is C16H23O4P. The van der Waals surface area contributed by atoms with Gasteiger partial charge in [0.1, 0.15) is 11.8 Å². The van der Waals surface area contributed by atoms with Gasteiger partial charge in [0, 0.05) is 6.42 Å². The van der Waals surface area contributed by atoms with E-state index in [1.165, 1.54) is 0 Å². The maximum absolute atomic E-state index is 13.1. The van der Waals surface area contributed by atoms with Crippen LogP contribution in [0.1, 0.15) is 38.9 Å². The Morgan fingerprint density at radius 3 is 2.38 bits per heavy atom. The first-order chi connectivity index (χ1) is 10.1. The van der Waals surface area contributed by atoms with Crippen LogP contribution in [0, 0.1) is 0 Å². The quantitative estimate of drug-likeness (QED) is 0.715. The Balaban J connectivity index is 2.35. The van der Waals surface area contributed by atoms with Crippen LogP contribution in [-0.4, -0.2) is 18.9 Å². The summed E-state index contributed by atoms with van der Waals surface area (Å²) in [4.78, 5) is 0. The monoisotopic (exact) mass is 310 g/mol. The van der Waals surface area contributed by atoms with E-state index in [-0.39, 0.29) is 11.8 Å². The molecular weight excluding hydrogens is 287 g/mol. The maximum atomic E-state index is 13.1. The molecule has 0 amide bonds. The average molecular weight is 310 g/mol. The standard InChI is InChI=1S/C16H23O4P/c1-4-14-12-15(21(17,18-5-2)19-6-3)16(20-14)13-10-8-7-9-11-13/h4,7-11,15-16H,5-6,12H2,1-3H3/b14-4+. The molecule has 1 aromatic carbocycles. The van der Waals surface area contributed by atoms with Crippen molar-refractivity contribution in [2.45, 2.75) is 39.0 Å². The second-order valence-corrected chi connectivity index (χ2v) is 7.11. The zero-order chi connectivity index (χ0) is 15.3. The van der Waals surface area contributed by atoms with Gasteiger partial charge >= 0.3 is 7.60 Å². The molecule has 5 heteroatoms. The minimum absolute atomic E-state index is 0.290. The van der Waals surface area contributed by atoms with Crippen molar-refractivity contribution < 1.29 is 18.3 Å². The average Bonchev–Trinajstić information content (AvgIpc) is 2.94. The van der Waals surface area contributed by atoms with Crippen molar-refractivity contribution in [3.63, 3.8) is 0 Å². The highest BCUT2D eigenvalue weighted by molar-refractivity contribution is 7.54. The fourth-order valence-corrected chi connectivity index (χ4v) is 4.73. The zero-order valence-corrected chi connectivity index (χ0v) is 13.7. The van der Waals surface area contributed by atoms with Crippen molar-refractivity contribution in [3.05, 3.63) is 47.7 Å². The second kappa shape index (κ2) is 7.26. The van der Waals surface area contributed by atoms with E-state index in [9.17, 15) is 4.57 Å². The van der Waals surface area contributed by atoms with Crippen LogP contribution in [0.5, 0.6) is 0 Å². The molecule has 0 N–H and O–H groups in total. The maximum Gasteiger partial charge on any atom is 0.338 e. The van der Waals surface area contributed by atoms with E-state index in [0.717, 1.165) is 11.3 Å². The Labute approximate surface area is 126 Å². The van der Waals surface area contributed by atoms with Crippen LogP contribution in [0.3, 0.4) is 0 Å². The first kappa shape index (κ1) is 16.3. The molecule has 0 bridgehead atoms. The fourth-order valence-electron chi connectivity index (χ4n) is 2.59. The summed E-state index contributed by atoms with van der Waals surface area (Å²) in [5.41, 5.74) is 0.699. The lowest BCUT2D eigenvalue weighted by molar-refractivity contribution is 0.146. The van der Waals surface area contributed by atoms with Crippen LogP contribution in [0.25, 0.3) is 0 Å². The van der Waals surface area contributed by atoms with E-state index >= 15 is 0 Å². The van der Waals surface area contributed by atoms with Gasteiger partial charge in [-0.15, -0.1) is 0 Å². The summed E-state index contributed by atoms with van der Waals surface area (Å²) in [6.07, 6.45) is 2.20. The van der Waals surface area contributed by atoms with Crippen molar-refractivity contribution >= 4 is 7.60 Å². The second-order valence-electron chi connectivity index (χ2n) is 4.85. The van der Waals surface area contributed by atoms with Crippen molar-refractivity contribution in [1.82, 2.24) is 0 Å². The molecule has 4 nitrogen and oxygen atoms in total. The summed E-state index contributed by atoms with van der Waals surface area (Å²) < 4.78 is 30.1. The predicted octanol–water partition coefficient (Wildman–Crippen LogP) is 4.69. The summed E-state index contributed by atoms with van der Waals surface area (Å²) in [6.45, 7) is 6.30. The van der Waals surface area contributed by atoms with E-state index in [2.05, 4.69) is 0 Å². The summed E-state index contributed by atoms with van der Waals surface area (Å²) in [6, 6.07) is 9.83. The Hall–Kier alpha value is -1.09. The largest absolute Gasteiger partial charge is 0.489 e. The Bertz CT molecular complexity index is 516. The van der Waals surface area contributed by atoms with E-state index in [0.29, 0.717) is 19.6 Å². The van der Waals surface area contributed by atoms with Crippen LogP contribution in [0.15, 0.2) is 42.2 Å². The third kappa shape index (κ3) is 3.57. The highest BCUT2D eigenvalue weighted by Gasteiger charge is 2.47. The third-order valence-corrected chi connectivity index (χ3v) is 6.01. The zero-order valence-electron chi connectivity index (χ0n) is 12.8. The van der Waals surface area contributed by atoms with Gasteiger partial charge in [-0.25, -0.2) is 0 Å². The van der Waals surface area contributed by atoms with E-state index in [4.69, 9.17) is 13.8 Å². The first-order valence-electron chi connectivity index (χ1n) is 7.40. The molecule has 0 radical (unpaired) electrons. The number of hydrogen-bond donors (Lipinski definition) is 0. The van der Waals surface area contributed by atoms with Gasteiger partial charge in [0.05, 0.1) is 19.0 Å². The van der Waals surface area contributed by atoms with Crippen LogP contribution < -0.4 is 0 Å². The normalized spacial score (nSPS) is 24.2. The molecule has 0 aliphatic carbocycles. The summed E-state index contributed by atoms with van der Waals surface area (Å²) in [5, 5.41) is 0. The molecule has 0 saturated carbocycles. The minimum Gasteiger partial charge on any atom is -0.489 e. The number of benzene rings is 1. The number of ether oxygens (including phenoxy) is 1.